The summed E-state index contributed by atoms with van der Waals surface area (Å²) < 4.78 is 8.05. The lowest BCUT2D eigenvalue weighted by molar-refractivity contribution is -0.0850. The molecule has 1 fully saturated rings. The second kappa shape index (κ2) is 6.09. The fraction of sp³-hybridized carbons (Fsp3) is 0.824. The molecule has 21 heavy (non-hydrogen) atoms. The van der Waals surface area contributed by atoms with E-state index in [1.165, 1.54) is 18.5 Å². The van der Waals surface area contributed by atoms with Gasteiger partial charge in [-0.15, -0.1) is 0 Å². The first kappa shape index (κ1) is 16.5. The molecular weight excluding hydrogens is 262 g/mol. The van der Waals surface area contributed by atoms with E-state index >= 15 is 0 Å². The van der Waals surface area contributed by atoms with E-state index in [1.54, 1.807) is 0 Å². The van der Waals surface area contributed by atoms with Crippen LogP contribution in [0, 0.1) is 12.3 Å². The molecule has 0 aliphatic heterocycles. The van der Waals surface area contributed by atoms with Crippen molar-refractivity contribution in [2.24, 2.45) is 12.5 Å². The van der Waals surface area contributed by atoms with Crippen molar-refractivity contribution in [1.82, 2.24) is 15.1 Å². The average Bonchev–Trinajstić information content (AvgIpc) is 2.75. The number of methoxy groups -OCH3 is 1. The highest BCUT2D eigenvalue weighted by atomic mass is 16.5. The van der Waals surface area contributed by atoms with Gasteiger partial charge in [0.05, 0.1) is 11.3 Å². The Bertz CT molecular complexity index is 468. The molecule has 120 valence electrons. The van der Waals surface area contributed by atoms with Crippen LogP contribution in [-0.2, 0) is 18.2 Å². The summed E-state index contributed by atoms with van der Waals surface area (Å²) in [6, 6.07) is 2.51. The first-order valence-electron chi connectivity index (χ1n) is 8.04. The SMILES string of the molecule is CNC(Cc1cc(C)nn1C)C1(OC)CCC(C)(C)CC1. The molecule has 1 aliphatic rings. The van der Waals surface area contributed by atoms with Crippen LogP contribution in [0.4, 0.5) is 0 Å². The second-order valence-corrected chi connectivity index (χ2v) is 7.38. The summed E-state index contributed by atoms with van der Waals surface area (Å²) in [5.74, 6) is 0. The van der Waals surface area contributed by atoms with Gasteiger partial charge in [-0.25, -0.2) is 0 Å². The number of hydrogen-bond acceptors (Lipinski definition) is 3. The molecule has 1 atom stereocenters. The summed E-state index contributed by atoms with van der Waals surface area (Å²) in [6.07, 6.45) is 5.66. The molecule has 1 saturated carbocycles. The van der Waals surface area contributed by atoms with Crippen LogP contribution < -0.4 is 5.32 Å². The maximum absolute atomic E-state index is 6.05. The minimum Gasteiger partial charge on any atom is -0.377 e. The molecule has 0 aromatic carbocycles. The zero-order chi connectivity index (χ0) is 15.7. The Morgan fingerprint density at radius 1 is 1.33 bits per heavy atom. The van der Waals surface area contributed by atoms with Crippen LogP contribution in [0.25, 0.3) is 0 Å². The van der Waals surface area contributed by atoms with Crippen LogP contribution in [0.2, 0.25) is 0 Å². The Morgan fingerprint density at radius 2 is 1.95 bits per heavy atom. The number of nitrogens with zero attached hydrogens (tertiary/aromatic N) is 2. The largest absolute Gasteiger partial charge is 0.377 e. The summed E-state index contributed by atoms with van der Waals surface area (Å²) in [4.78, 5) is 0. The highest BCUT2D eigenvalue weighted by Gasteiger charge is 2.43. The third kappa shape index (κ3) is 3.49. The molecule has 4 nitrogen and oxygen atoms in total. The third-order valence-corrected chi connectivity index (χ3v) is 5.35. The van der Waals surface area contributed by atoms with E-state index in [0.717, 1.165) is 25.0 Å². The van der Waals surface area contributed by atoms with E-state index in [4.69, 9.17) is 4.74 Å². The van der Waals surface area contributed by atoms with Crippen LogP contribution in [0.15, 0.2) is 6.07 Å². The number of nitrogens with one attached hydrogen (secondary N) is 1. The van der Waals surface area contributed by atoms with Crippen LogP contribution in [0.1, 0.15) is 50.9 Å². The van der Waals surface area contributed by atoms with Gasteiger partial charge in [0, 0.05) is 32.3 Å². The number of ether oxygens (including phenoxy) is 1. The third-order valence-electron chi connectivity index (χ3n) is 5.35. The molecular formula is C17H31N3O. The predicted molar refractivity (Wildman–Crippen MR) is 86.5 cm³/mol. The molecule has 1 N–H and O–H groups in total. The van der Waals surface area contributed by atoms with Crippen LogP contribution in [0.5, 0.6) is 0 Å². The van der Waals surface area contributed by atoms with Crippen molar-refractivity contribution in [3.8, 4) is 0 Å². The summed E-state index contributed by atoms with van der Waals surface area (Å²) in [6.45, 7) is 6.78. The van der Waals surface area contributed by atoms with E-state index in [2.05, 4.69) is 37.4 Å². The summed E-state index contributed by atoms with van der Waals surface area (Å²) in [5, 5.41) is 7.97. The molecule has 4 heteroatoms. The summed E-state index contributed by atoms with van der Waals surface area (Å²) in [7, 11) is 5.95. The first-order valence-corrected chi connectivity index (χ1v) is 8.04. The van der Waals surface area contributed by atoms with Crippen molar-refractivity contribution in [2.75, 3.05) is 14.2 Å². The summed E-state index contributed by atoms with van der Waals surface area (Å²) >= 11 is 0. The topological polar surface area (TPSA) is 39.1 Å². The van der Waals surface area contributed by atoms with Crippen molar-refractivity contribution in [3.63, 3.8) is 0 Å². The Hall–Kier alpha value is -0.870. The smallest absolute Gasteiger partial charge is 0.0835 e. The highest BCUT2D eigenvalue weighted by molar-refractivity contribution is 5.13. The molecule has 1 heterocycles. The Morgan fingerprint density at radius 3 is 2.38 bits per heavy atom. The van der Waals surface area contributed by atoms with Crippen molar-refractivity contribution in [1.29, 1.82) is 0 Å². The van der Waals surface area contributed by atoms with Crippen molar-refractivity contribution in [3.05, 3.63) is 17.5 Å². The lowest BCUT2D eigenvalue weighted by Crippen LogP contribution is -2.55. The Labute approximate surface area is 129 Å². The maximum Gasteiger partial charge on any atom is 0.0835 e. The molecule has 0 saturated heterocycles. The standard InChI is InChI=1S/C17H31N3O/c1-13-11-14(20(5)19-13)12-15(18-4)17(21-6)9-7-16(2,3)8-10-17/h11,15,18H,7-10,12H2,1-6H3. The predicted octanol–water partition coefficient (Wildman–Crippen LogP) is 2.84. The minimum atomic E-state index is -0.0531. The molecule has 2 rings (SSSR count). The Balaban J connectivity index is 2.16. The lowest BCUT2D eigenvalue weighted by Gasteiger charge is -2.47. The van der Waals surface area contributed by atoms with Gasteiger partial charge in [0.15, 0.2) is 0 Å². The Kier molecular flexibility index (Phi) is 4.79. The van der Waals surface area contributed by atoms with Gasteiger partial charge < -0.3 is 10.1 Å². The zero-order valence-electron chi connectivity index (χ0n) is 14.5. The van der Waals surface area contributed by atoms with E-state index < -0.39 is 0 Å². The number of hydrogen-bond donors (Lipinski definition) is 1. The second-order valence-electron chi connectivity index (χ2n) is 7.38. The number of aromatic nitrogens is 2. The molecule has 0 bridgehead atoms. The fourth-order valence-corrected chi connectivity index (χ4v) is 3.66. The van der Waals surface area contributed by atoms with Gasteiger partial charge in [-0.1, -0.05) is 13.8 Å². The van der Waals surface area contributed by atoms with Gasteiger partial charge in [-0.05, 0) is 51.1 Å². The number of likely N-dealkylation sites (N-methyl/N-ethyl adjacent to an activating group) is 1. The molecule has 0 radical (unpaired) electrons. The van der Waals surface area contributed by atoms with Crippen molar-refractivity contribution < 1.29 is 4.74 Å². The van der Waals surface area contributed by atoms with Crippen LogP contribution in [0.3, 0.4) is 0 Å². The number of aryl methyl sites for hydroxylation is 2. The monoisotopic (exact) mass is 293 g/mol. The van der Waals surface area contributed by atoms with E-state index in [1.807, 2.05) is 25.8 Å². The molecule has 1 aliphatic carbocycles. The molecule has 1 aromatic rings. The normalized spacial score (nSPS) is 22.2. The quantitative estimate of drug-likeness (QED) is 0.907. The van der Waals surface area contributed by atoms with Gasteiger partial charge in [0.1, 0.15) is 0 Å². The highest BCUT2D eigenvalue weighted by Crippen LogP contribution is 2.43. The summed E-state index contributed by atoms with van der Waals surface area (Å²) in [5.41, 5.74) is 2.75. The molecule has 0 spiro atoms. The van der Waals surface area contributed by atoms with Gasteiger partial charge in [0.25, 0.3) is 0 Å². The van der Waals surface area contributed by atoms with Crippen LogP contribution >= 0.6 is 0 Å². The lowest BCUT2D eigenvalue weighted by atomic mass is 9.68. The molecule has 1 unspecified atom stereocenters. The zero-order valence-corrected chi connectivity index (χ0v) is 14.5. The fourth-order valence-electron chi connectivity index (χ4n) is 3.66. The van der Waals surface area contributed by atoms with Gasteiger partial charge in [-0.2, -0.15) is 5.10 Å². The molecule has 0 amide bonds. The van der Waals surface area contributed by atoms with Gasteiger partial charge in [0.2, 0.25) is 0 Å². The van der Waals surface area contributed by atoms with Gasteiger partial charge in [-0.3, -0.25) is 4.68 Å². The van der Waals surface area contributed by atoms with Crippen molar-refractivity contribution >= 4 is 0 Å². The van der Waals surface area contributed by atoms with E-state index in [9.17, 15) is 0 Å². The van der Waals surface area contributed by atoms with E-state index in [-0.39, 0.29) is 5.60 Å². The van der Waals surface area contributed by atoms with E-state index in [0.29, 0.717) is 11.5 Å². The maximum atomic E-state index is 6.05. The average molecular weight is 293 g/mol. The minimum absolute atomic E-state index is 0.0531. The van der Waals surface area contributed by atoms with Crippen LogP contribution in [-0.4, -0.2) is 35.6 Å². The van der Waals surface area contributed by atoms with Crippen molar-refractivity contribution in [2.45, 2.75) is 64.5 Å². The first-order chi connectivity index (χ1) is 9.82. The van der Waals surface area contributed by atoms with Gasteiger partial charge >= 0.3 is 0 Å². The number of rotatable bonds is 5. The molecule has 1 aromatic heterocycles.